The summed E-state index contributed by atoms with van der Waals surface area (Å²) in [6.07, 6.45) is 0. The van der Waals surface area contributed by atoms with Crippen LogP contribution in [-0.4, -0.2) is 53.8 Å². The van der Waals surface area contributed by atoms with E-state index in [0.717, 1.165) is 0 Å². The molecule has 0 saturated carbocycles. The van der Waals surface area contributed by atoms with Crippen molar-refractivity contribution in [3.05, 3.63) is 29.8 Å². The Hall–Kier alpha value is -2.39. The second-order valence-electron chi connectivity index (χ2n) is 5.40. The molecule has 0 spiro atoms. The first-order chi connectivity index (χ1) is 10.5. The maximum atomic E-state index is 12.3. The normalized spacial score (nSPS) is 16.7. The van der Waals surface area contributed by atoms with Gasteiger partial charge < -0.3 is 10.2 Å². The highest BCUT2D eigenvalue weighted by atomic mass is 16.2. The van der Waals surface area contributed by atoms with Crippen molar-refractivity contribution in [2.45, 2.75) is 19.9 Å². The number of nitriles is 1. The number of carbonyl (C=O) groups is 2. The molecule has 2 amide bonds. The fourth-order valence-electron chi connectivity index (χ4n) is 2.50. The van der Waals surface area contributed by atoms with Crippen molar-refractivity contribution < 1.29 is 9.59 Å². The summed E-state index contributed by atoms with van der Waals surface area (Å²) in [5, 5.41) is 11.7. The molecule has 1 fully saturated rings. The van der Waals surface area contributed by atoms with Gasteiger partial charge in [0.25, 0.3) is 0 Å². The topological polar surface area (TPSA) is 76.4 Å². The molecule has 2 rings (SSSR count). The molecule has 116 valence electrons. The van der Waals surface area contributed by atoms with E-state index >= 15 is 0 Å². The molecule has 1 aromatic carbocycles. The number of nitrogens with zero attached hydrogens (tertiary/aromatic N) is 3. The molecule has 1 N–H and O–H groups in total. The molecular weight excluding hydrogens is 280 g/mol. The second-order valence-corrected chi connectivity index (χ2v) is 5.40. The number of hydrogen-bond acceptors (Lipinski definition) is 4. The molecular formula is C16H20N4O2. The van der Waals surface area contributed by atoms with Gasteiger partial charge in [0, 0.05) is 38.8 Å². The number of hydrogen-bond donors (Lipinski definition) is 1. The lowest BCUT2D eigenvalue weighted by molar-refractivity contribution is -0.131. The summed E-state index contributed by atoms with van der Waals surface area (Å²) in [7, 11) is 0. The van der Waals surface area contributed by atoms with Crippen molar-refractivity contribution in [1.29, 1.82) is 5.26 Å². The number of rotatable bonds is 3. The summed E-state index contributed by atoms with van der Waals surface area (Å²) in [5.41, 5.74) is 1.14. The van der Waals surface area contributed by atoms with E-state index < -0.39 is 0 Å². The van der Waals surface area contributed by atoms with E-state index in [-0.39, 0.29) is 17.9 Å². The van der Waals surface area contributed by atoms with Gasteiger partial charge in [0.1, 0.15) is 0 Å². The van der Waals surface area contributed by atoms with E-state index in [1.165, 1.54) is 0 Å². The van der Waals surface area contributed by atoms with Crippen LogP contribution in [0, 0.1) is 11.3 Å². The van der Waals surface area contributed by atoms with Crippen LogP contribution in [0.4, 0.5) is 5.69 Å². The molecule has 22 heavy (non-hydrogen) atoms. The second kappa shape index (κ2) is 7.05. The van der Waals surface area contributed by atoms with Crippen molar-refractivity contribution >= 4 is 17.5 Å². The SMILES string of the molecule is CC(=O)N1CCN([C@@H](C)C(=O)Nc2cccc(C#N)c2)CC1. The summed E-state index contributed by atoms with van der Waals surface area (Å²) in [5.74, 6) is -0.0311. The van der Waals surface area contributed by atoms with E-state index in [4.69, 9.17) is 5.26 Å². The highest BCUT2D eigenvalue weighted by molar-refractivity contribution is 5.94. The van der Waals surface area contributed by atoms with Gasteiger partial charge in [0.2, 0.25) is 11.8 Å². The number of piperazine rings is 1. The van der Waals surface area contributed by atoms with E-state index in [9.17, 15) is 9.59 Å². The van der Waals surface area contributed by atoms with E-state index in [2.05, 4.69) is 10.2 Å². The molecule has 6 heteroatoms. The average Bonchev–Trinajstić information content (AvgIpc) is 2.54. The molecule has 0 aromatic heterocycles. The first kappa shape index (κ1) is 16.0. The third-order valence-electron chi connectivity index (χ3n) is 3.95. The van der Waals surface area contributed by atoms with Crippen LogP contribution in [0.1, 0.15) is 19.4 Å². The Kier molecular flexibility index (Phi) is 5.12. The van der Waals surface area contributed by atoms with Gasteiger partial charge in [-0.3, -0.25) is 14.5 Å². The van der Waals surface area contributed by atoms with Crippen molar-refractivity contribution in [2.24, 2.45) is 0 Å². The summed E-state index contributed by atoms with van der Waals surface area (Å²) >= 11 is 0. The molecule has 0 bridgehead atoms. The van der Waals surface area contributed by atoms with Gasteiger partial charge in [-0.1, -0.05) is 6.07 Å². The zero-order chi connectivity index (χ0) is 16.1. The fourth-order valence-corrected chi connectivity index (χ4v) is 2.50. The quantitative estimate of drug-likeness (QED) is 0.905. The van der Waals surface area contributed by atoms with Gasteiger partial charge in [-0.2, -0.15) is 5.26 Å². The van der Waals surface area contributed by atoms with Crippen LogP contribution < -0.4 is 5.32 Å². The van der Waals surface area contributed by atoms with Gasteiger partial charge in [-0.15, -0.1) is 0 Å². The number of anilines is 1. The Morgan fingerprint density at radius 2 is 1.95 bits per heavy atom. The van der Waals surface area contributed by atoms with Crippen LogP contribution in [0.5, 0.6) is 0 Å². The number of benzene rings is 1. The largest absolute Gasteiger partial charge is 0.340 e. The monoisotopic (exact) mass is 300 g/mol. The minimum Gasteiger partial charge on any atom is -0.340 e. The van der Waals surface area contributed by atoms with Crippen molar-refractivity contribution in [1.82, 2.24) is 9.80 Å². The minimum absolute atomic E-state index is 0.0741. The lowest BCUT2D eigenvalue weighted by atomic mass is 10.2. The smallest absolute Gasteiger partial charge is 0.241 e. The first-order valence-corrected chi connectivity index (χ1v) is 7.32. The molecule has 0 aliphatic carbocycles. The fraction of sp³-hybridized carbons (Fsp3) is 0.438. The van der Waals surface area contributed by atoms with Crippen LogP contribution in [0.25, 0.3) is 0 Å². The van der Waals surface area contributed by atoms with Crippen LogP contribution in [0.3, 0.4) is 0 Å². The van der Waals surface area contributed by atoms with Gasteiger partial charge >= 0.3 is 0 Å². The zero-order valence-corrected chi connectivity index (χ0v) is 12.9. The lowest BCUT2D eigenvalue weighted by Gasteiger charge is -2.37. The molecule has 1 aliphatic rings. The zero-order valence-electron chi connectivity index (χ0n) is 12.9. The molecule has 0 unspecified atom stereocenters. The standard InChI is InChI=1S/C16H20N4O2/c1-12(19-6-8-20(9-7-19)13(2)21)16(22)18-15-5-3-4-14(10-15)11-17/h3-5,10,12H,6-9H2,1-2H3,(H,18,22)/t12-/m0/s1. The van der Waals surface area contributed by atoms with E-state index in [1.807, 2.05) is 13.0 Å². The third kappa shape index (κ3) is 3.83. The molecule has 1 heterocycles. The summed E-state index contributed by atoms with van der Waals surface area (Å²) in [6, 6.07) is 8.62. The number of carbonyl (C=O) groups excluding carboxylic acids is 2. The summed E-state index contributed by atoms with van der Waals surface area (Å²) in [4.78, 5) is 27.5. The van der Waals surface area contributed by atoms with Crippen LogP contribution in [0.2, 0.25) is 0 Å². The van der Waals surface area contributed by atoms with Crippen molar-refractivity contribution in [2.75, 3.05) is 31.5 Å². The molecule has 0 radical (unpaired) electrons. The van der Waals surface area contributed by atoms with E-state index in [0.29, 0.717) is 37.4 Å². The van der Waals surface area contributed by atoms with Crippen LogP contribution in [0.15, 0.2) is 24.3 Å². The summed E-state index contributed by atoms with van der Waals surface area (Å²) < 4.78 is 0. The van der Waals surface area contributed by atoms with Crippen molar-refractivity contribution in [3.8, 4) is 6.07 Å². The maximum Gasteiger partial charge on any atom is 0.241 e. The highest BCUT2D eigenvalue weighted by Crippen LogP contribution is 2.12. The minimum atomic E-state index is -0.278. The van der Waals surface area contributed by atoms with Gasteiger partial charge in [0.15, 0.2) is 0 Å². The Balaban J connectivity index is 1.92. The Morgan fingerprint density at radius 3 is 2.55 bits per heavy atom. The average molecular weight is 300 g/mol. The Morgan fingerprint density at radius 1 is 1.27 bits per heavy atom. The Labute approximate surface area is 130 Å². The molecule has 1 aromatic rings. The predicted molar refractivity (Wildman–Crippen MR) is 83.1 cm³/mol. The summed E-state index contributed by atoms with van der Waals surface area (Å²) in [6.45, 7) is 6.09. The number of nitrogens with one attached hydrogen (secondary N) is 1. The molecule has 1 aliphatic heterocycles. The molecule has 1 atom stereocenters. The van der Waals surface area contributed by atoms with Crippen LogP contribution in [-0.2, 0) is 9.59 Å². The van der Waals surface area contributed by atoms with Gasteiger partial charge in [0.05, 0.1) is 17.7 Å². The number of amides is 2. The highest BCUT2D eigenvalue weighted by Gasteiger charge is 2.26. The van der Waals surface area contributed by atoms with Crippen molar-refractivity contribution in [3.63, 3.8) is 0 Å². The Bertz CT molecular complexity index is 600. The molecule has 1 saturated heterocycles. The first-order valence-electron chi connectivity index (χ1n) is 7.32. The lowest BCUT2D eigenvalue weighted by Crippen LogP contribution is -2.53. The van der Waals surface area contributed by atoms with Gasteiger partial charge in [-0.05, 0) is 25.1 Å². The molecule has 6 nitrogen and oxygen atoms in total. The van der Waals surface area contributed by atoms with Crippen LogP contribution >= 0.6 is 0 Å². The predicted octanol–water partition coefficient (Wildman–Crippen LogP) is 1.05. The van der Waals surface area contributed by atoms with E-state index in [1.54, 1.807) is 36.1 Å². The third-order valence-corrected chi connectivity index (χ3v) is 3.95. The maximum absolute atomic E-state index is 12.3. The van der Waals surface area contributed by atoms with Gasteiger partial charge in [-0.25, -0.2) is 0 Å².